The van der Waals surface area contributed by atoms with Crippen molar-refractivity contribution < 1.29 is 36.7 Å². The number of carbonyl (C=O) groups is 3. The van der Waals surface area contributed by atoms with E-state index >= 15 is 0 Å². The molecule has 0 saturated carbocycles. The highest BCUT2D eigenvalue weighted by Gasteiger charge is 2.42. The maximum absolute atomic E-state index is 13.6. The van der Waals surface area contributed by atoms with Crippen LogP contribution in [0.1, 0.15) is 36.0 Å². The molecule has 1 atom stereocenters. The fourth-order valence-corrected chi connectivity index (χ4v) is 5.16. The number of ether oxygens (including phenoxy) is 1. The highest BCUT2D eigenvalue weighted by molar-refractivity contribution is 6.04. The van der Waals surface area contributed by atoms with Crippen LogP contribution >= 0.6 is 0 Å². The number of aromatic nitrogens is 1. The van der Waals surface area contributed by atoms with Crippen LogP contribution < -0.4 is 10.2 Å². The van der Waals surface area contributed by atoms with Gasteiger partial charge < -0.3 is 24.3 Å². The number of nitrogens with zero attached hydrogens (tertiary/aromatic N) is 4. The molecule has 5 rings (SSSR count). The molecule has 1 aromatic heterocycles. The molecule has 3 heterocycles. The molecule has 0 bridgehead atoms. The van der Waals surface area contributed by atoms with Crippen molar-refractivity contribution in [2.24, 2.45) is 0 Å². The summed E-state index contributed by atoms with van der Waals surface area (Å²) in [6.07, 6.45) is -4.01. The lowest BCUT2D eigenvalue weighted by Gasteiger charge is -2.38. The van der Waals surface area contributed by atoms with Crippen molar-refractivity contribution >= 4 is 29.3 Å². The zero-order valence-corrected chi connectivity index (χ0v) is 22.9. The number of amides is 3. The molecule has 0 radical (unpaired) electrons. The summed E-state index contributed by atoms with van der Waals surface area (Å²) in [5.74, 6) is -2.90. The maximum Gasteiger partial charge on any atom is 0.452 e. The van der Waals surface area contributed by atoms with E-state index in [0.29, 0.717) is 44.7 Å². The van der Waals surface area contributed by atoms with E-state index in [1.165, 1.54) is 17.0 Å². The minimum absolute atomic E-state index is 0.0835. The molecule has 222 valence electrons. The smallest absolute Gasteiger partial charge is 0.450 e. The highest BCUT2D eigenvalue weighted by atomic mass is 19.4. The Labute approximate surface area is 240 Å². The van der Waals surface area contributed by atoms with Crippen molar-refractivity contribution in [3.05, 3.63) is 66.1 Å². The Morgan fingerprint density at radius 2 is 1.69 bits per heavy atom. The zero-order chi connectivity index (χ0) is 29.9. The number of carbonyl (C=O) groups excluding carboxylic acids is 3. The number of likely N-dealkylation sites (tertiary alicyclic amines) is 1. The van der Waals surface area contributed by atoms with E-state index in [2.05, 4.69) is 15.2 Å². The van der Waals surface area contributed by atoms with Crippen LogP contribution in [0.5, 0.6) is 0 Å². The monoisotopic (exact) mass is 585 g/mol. The van der Waals surface area contributed by atoms with Crippen molar-refractivity contribution in [2.45, 2.75) is 32.0 Å². The van der Waals surface area contributed by atoms with Crippen molar-refractivity contribution in [3.63, 3.8) is 0 Å². The normalized spacial score (nSPS) is 17.3. The molecular weight excluding hydrogens is 555 g/mol. The Hall–Kier alpha value is -4.55. The molecule has 2 fully saturated rings. The molecule has 2 aliphatic heterocycles. The second kappa shape index (κ2) is 12.1. The number of benzene rings is 2. The molecule has 0 aliphatic carbocycles. The minimum Gasteiger partial charge on any atom is -0.450 e. The summed E-state index contributed by atoms with van der Waals surface area (Å²) in [5, 5.41) is 2.47. The van der Waals surface area contributed by atoms with Gasteiger partial charge in [-0.1, -0.05) is 18.2 Å². The molecule has 42 heavy (non-hydrogen) atoms. The molecule has 2 aromatic carbocycles. The Morgan fingerprint density at radius 3 is 2.33 bits per heavy atom. The lowest BCUT2D eigenvalue weighted by Crippen LogP contribution is -2.54. The van der Waals surface area contributed by atoms with Crippen molar-refractivity contribution in [2.75, 3.05) is 49.5 Å². The first kappa shape index (κ1) is 29.0. The van der Waals surface area contributed by atoms with Gasteiger partial charge in [-0.15, -0.1) is 0 Å². The summed E-state index contributed by atoms with van der Waals surface area (Å²) < 4.78 is 50.9. The van der Waals surface area contributed by atoms with Crippen LogP contribution in [0.2, 0.25) is 0 Å². The van der Waals surface area contributed by atoms with Crippen LogP contribution in [0.15, 0.2) is 59.0 Å². The predicted octanol–water partition coefficient (Wildman–Crippen LogP) is 4.88. The zero-order valence-electron chi connectivity index (χ0n) is 22.9. The fourth-order valence-electron chi connectivity index (χ4n) is 5.16. The van der Waals surface area contributed by atoms with E-state index in [0.717, 1.165) is 12.1 Å². The molecule has 0 spiro atoms. The Kier molecular flexibility index (Phi) is 8.36. The maximum atomic E-state index is 13.6. The summed E-state index contributed by atoms with van der Waals surface area (Å²) in [6.45, 7) is 4.54. The van der Waals surface area contributed by atoms with Crippen LogP contribution in [-0.2, 0) is 15.7 Å². The number of piperazine rings is 1. The number of nitrogens with one attached hydrogen (secondary N) is 1. The van der Waals surface area contributed by atoms with Crippen molar-refractivity contribution in [1.82, 2.24) is 14.8 Å². The van der Waals surface area contributed by atoms with Gasteiger partial charge >= 0.3 is 12.3 Å². The van der Waals surface area contributed by atoms with Gasteiger partial charge in [0.25, 0.3) is 5.91 Å². The van der Waals surface area contributed by atoms with E-state index in [-0.39, 0.29) is 24.1 Å². The van der Waals surface area contributed by atoms with Crippen LogP contribution in [0.25, 0.3) is 11.5 Å². The molecule has 13 heteroatoms. The number of oxazole rings is 1. The molecule has 10 nitrogen and oxygen atoms in total. The van der Waals surface area contributed by atoms with Crippen LogP contribution in [-0.4, -0.2) is 78.1 Å². The average Bonchev–Trinajstić information content (AvgIpc) is 3.67. The Bertz CT molecular complexity index is 1420. The second-order valence-electron chi connectivity index (χ2n) is 9.92. The SMILES string of the molecule is CCOC(=O)N1CCC[C@@H]1C(=O)N1CCN(c2ccc(NC(=O)c3nc(-c4ccccc4)oc3C(F)(F)F)cc2)CC1. The van der Waals surface area contributed by atoms with Crippen LogP contribution in [0.3, 0.4) is 0 Å². The summed E-state index contributed by atoms with van der Waals surface area (Å²) in [5.41, 5.74) is 0.580. The largest absolute Gasteiger partial charge is 0.452 e. The van der Waals surface area contributed by atoms with Gasteiger partial charge in [-0.3, -0.25) is 14.5 Å². The fraction of sp³-hybridized carbons (Fsp3) is 0.379. The van der Waals surface area contributed by atoms with E-state index < -0.39 is 35.7 Å². The van der Waals surface area contributed by atoms with Gasteiger partial charge in [0, 0.05) is 49.7 Å². The van der Waals surface area contributed by atoms with E-state index in [1.54, 1.807) is 54.3 Å². The number of anilines is 2. The van der Waals surface area contributed by atoms with Gasteiger partial charge in [0.2, 0.25) is 17.6 Å². The molecule has 0 unspecified atom stereocenters. The highest BCUT2D eigenvalue weighted by Crippen LogP contribution is 2.35. The third-order valence-electron chi connectivity index (χ3n) is 7.24. The summed E-state index contributed by atoms with van der Waals surface area (Å²) >= 11 is 0. The van der Waals surface area contributed by atoms with E-state index in [9.17, 15) is 27.6 Å². The quantitative estimate of drug-likeness (QED) is 0.439. The number of hydrogen-bond acceptors (Lipinski definition) is 7. The molecule has 2 aliphatic rings. The van der Waals surface area contributed by atoms with Crippen LogP contribution in [0, 0.1) is 0 Å². The first-order chi connectivity index (χ1) is 20.2. The second-order valence-corrected chi connectivity index (χ2v) is 9.92. The lowest BCUT2D eigenvalue weighted by atomic mass is 10.1. The summed E-state index contributed by atoms with van der Waals surface area (Å²) in [6, 6.07) is 14.2. The first-order valence-electron chi connectivity index (χ1n) is 13.7. The standard InChI is InChI=1S/C29H30F3N5O5/c1-2-41-28(40)37-14-6-9-22(37)27(39)36-17-15-35(16-18-36)21-12-10-20(11-13-21)33-25(38)23-24(29(30,31)32)42-26(34-23)19-7-4-3-5-8-19/h3-5,7-8,10-13,22H,2,6,9,14-18H2,1H3,(H,33,38)/t22-/m1/s1. The van der Waals surface area contributed by atoms with Gasteiger partial charge in [0.05, 0.1) is 6.61 Å². The summed E-state index contributed by atoms with van der Waals surface area (Å²) in [4.78, 5) is 47.3. The molecule has 2 saturated heterocycles. The van der Waals surface area contributed by atoms with Gasteiger partial charge in [0.1, 0.15) is 6.04 Å². The van der Waals surface area contributed by atoms with Crippen molar-refractivity contribution in [1.29, 1.82) is 0 Å². The molecule has 3 amide bonds. The first-order valence-corrected chi connectivity index (χ1v) is 13.7. The Balaban J connectivity index is 1.20. The molecule has 3 aromatic rings. The van der Waals surface area contributed by atoms with Gasteiger partial charge in [-0.05, 0) is 56.2 Å². The average molecular weight is 586 g/mol. The molecule has 1 N–H and O–H groups in total. The topological polar surface area (TPSA) is 108 Å². The van der Waals surface area contributed by atoms with E-state index in [4.69, 9.17) is 9.15 Å². The molecular formula is C29H30F3N5O5. The lowest BCUT2D eigenvalue weighted by molar-refractivity contribution is -0.153. The number of alkyl halides is 3. The Morgan fingerprint density at radius 1 is 1.00 bits per heavy atom. The van der Waals surface area contributed by atoms with E-state index in [1.807, 2.05) is 0 Å². The van der Waals surface area contributed by atoms with Crippen LogP contribution in [0.4, 0.5) is 29.3 Å². The van der Waals surface area contributed by atoms with Gasteiger partial charge in [-0.25, -0.2) is 9.78 Å². The summed E-state index contributed by atoms with van der Waals surface area (Å²) in [7, 11) is 0. The minimum atomic E-state index is -4.91. The van der Waals surface area contributed by atoms with Crippen molar-refractivity contribution in [3.8, 4) is 11.5 Å². The number of rotatable bonds is 6. The van der Waals surface area contributed by atoms with Gasteiger partial charge in [-0.2, -0.15) is 13.2 Å². The third-order valence-corrected chi connectivity index (χ3v) is 7.24. The number of halogens is 3. The van der Waals surface area contributed by atoms with Gasteiger partial charge in [0.15, 0.2) is 5.69 Å². The third kappa shape index (κ3) is 6.19. The predicted molar refractivity (Wildman–Crippen MR) is 147 cm³/mol. The number of hydrogen-bond donors (Lipinski definition) is 1.